The van der Waals surface area contributed by atoms with Crippen LogP contribution in [0.5, 0.6) is 0 Å². The first-order valence-corrected chi connectivity index (χ1v) is 8.96. The zero-order valence-corrected chi connectivity index (χ0v) is 18.6. The standard InChI is InChI=1S/C18H23BrN4O.HI/c1-12-13(2)24-16(23-12)10-21-17(20-3)22-11-18(8-9-18)14-6-4-5-7-15(14)19;/h4-7H,8-11H2,1-3H3,(H2,20,21,22);1H. The van der Waals surface area contributed by atoms with Crippen molar-refractivity contribution in [1.82, 2.24) is 15.6 Å². The van der Waals surface area contributed by atoms with Crippen LogP contribution in [0.4, 0.5) is 0 Å². The molecule has 0 aliphatic heterocycles. The topological polar surface area (TPSA) is 62.5 Å². The van der Waals surface area contributed by atoms with Crippen LogP contribution in [0.2, 0.25) is 0 Å². The molecule has 3 rings (SSSR count). The van der Waals surface area contributed by atoms with Gasteiger partial charge in [-0.05, 0) is 38.3 Å². The molecule has 1 aromatic carbocycles. The highest BCUT2D eigenvalue weighted by Crippen LogP contribution is 2.49. The van der Waals surface area contributed by atoms with Gasteiger partial charge in [-0.2, -0.15) is 0 Å². The third-order valence-electron chi connectivity index (χ3n) is 4.60. The van der Waals surface area contributed by atoms with Gasteiger partial charge in [0, 0.05) is 23.5 Å². The lowest BCUT2D eigenvalue weighted by atomic mass is 9.96. The number of oxazole rings is 1. The molecule has 136 valence electrons. The van der Waals surface area contributed by atoms with E-state index in [9.17, 15) is 0 Å². The molecule has 5 nitrogen and oxygen atoms in total. The molecule has 1 aromatic heterocycles. The maximum Gasteiger partial charge on any atom is 0.214 e. The van der Waals surface area contributed by atoms with Crippen LogP contribution in [0.1, 0.15) is 35.7 Å². The van der Waals surface area contributed by atoms with Gasteiger partial charge in [0.1, 0.15) is 5.76 Å². The van der Waals surface area contributed by atoms with Gasteiger partial charge in [0.25, 0.3) is 0 Å². The Labute approximate surface area is 174 Å². The average molecular weight is 519 g/mol. The van der Waals surface area contributed by atoms with Crippen molar-refractivity contribution in [3.05, 3.63) is 51.6 Å². The summed E-state index contributed by atoms with van der Waals surface area (Å²) < 4.78 is 6.77. The van der Waals surface area contributed by atoms with Crippen LogP contribution in [-0.4, -0.2) is 24.5 Å². The quantitative estimate of drug-likeness (QED) is 0.356. The largest absolute Gasteiger partial charge is 0.444 e. The van der Waals surface area contributed by atoms with E-state index in [4.69, 9.17) is 4.42 Å². The van der Waals surface area contributed by atoms with Gasteiger partial charge in [0.05, 0.1) is 12.2 Å². The molecule has 2 aromatic rings. The molecule has 0 amide bonds. The molecule has 0 unspecified atom stereocenters. The van der Waals surface area contributed by atoms with E-state index in [0.29, 0.717) is 12.4 Å². The normalized spacial score (nSPS) is 15.4. The lowest BCUT2D eigenvalue weighted by Gasteiger charge is -2.20. The van der Waals surface area contributed by atoms with Crippen molar-refractivity contribution in [2.45, 2.75) is 38.6 Å². The lowest BCUT2D eigenvalue weighted by molar-refractivity contribution is 0.463. The molecule has 0 saturated heterocycles. The second-order valence-corrected chi connectivity index (χ2v) is 7.14. The minimum absolute atomic E-state index is 0. The van der Waals surface area contributed by atoms with E-state index in [1.807, 2.05) is 13.8 Å². The molecule has 1 fully saturated rings. The molecule has 25 heavy (non-hydrogen) atoms. The van der Waals surface area contributed by atoms with Gasteiger partial charge >= 0.3 is 0 Å². The van der Waals surface area contributed by atoms with Gasteiger partial charge in [-0.25, -0.2) is 4.98 Å². The zero-order valence-electron chi connectivity index (χ0n) is 14.7. The maximum absolute atomic E-state index is 5.59. The van der Waals surface area contributed by atoms with E-state index in [1.54, 1.807) is 7.05 Å². The van der Waals surface area contributed by atoms with Gasteiger partial charge in [-0.3, -0.25) is 4.99 Å². The van der Waals surface area contributed by atoms with Crippen molar-refractivity contribution in [2.24, 2.45) is 4.99 Å². The fourth-order valence-electron chi connectivity index (χ4n) is 2.83. The van der Waals surface area contributed by atoms with E-state index < -0.39 is 0 Å². The van der Waals surface area contributed by atoms with Crippen molar-refractivity contribution < 1.29 is 4.42 Å². The Balaban J connectivity index is 0.00000225. The second kappa shape index (κ2) is 8.53. The van der Waals surface area contributed by atoms with Gasteiger partial charge < -0.3 is 15.1 Å². The summed E-state index contributed by atoms with van der Waals surface area (Å²) in [6, 6.07) is 8.46. The summed E-state index contributed by atoms with van der Waals surface area (Å²) in [4.78, 5) is 8.67. The molecule has 0 bridgehead atoms. The lowest BCUT2D eigenvalue weighted by Crippen LogP contribution is -2.41. The predicted molar refractivity (Wildman–Crippen MR) is 115 cm³/mol. The van der Waals surface area contributed by atoms with Crippen molar-refractivity contribution >= 4 is 45.9 Å². The van der Waals surface area contributed by atoms with Gasteiger partial charge in [-0.15, -0.1) is 24.0 Å². The van der Waals surface area contributed by atoms with Crippen molar-refractivity contribution in [3.63, 3.8) is 0 Å². The first-order chi connectivity index (χ1) is 11.5. The summed E-state index contributed by atoms with van der Waals surface area (Å²) in [5, 5.41) is 6.70. The monoisotopic (exact) mass is 518 g/mol. The molecule has 1 aliphatic rings. The summed E-state index contributed by atoms with van der Waals surface area (Å²) >= 11 is 3.67. The van der Waals surface area contributed by atoms with Crippen LogP contribution >= 0.6 is 39.9 Å². The predicted octanol–water partition coefficient (Wildman–Crippen LogP) is 4.07. The Kier molecular flexibility index (Phi) is 6.90. The summed E-state index contributed by atoms with van der Waals surface area (Å²) in [6.45, 7) is 5.26. The van der Waals surface area contributed by atoms with E-state index in [0.717, 1.165) is 24.0 Å². The number of guanidine groups is 1. The van der Waals surface area contributed by atoms with Crippen molar-refractivity contribution in [3.8, 4) is 0 Å². The van der Waals surface area contributed by atoms with Crippen LogP contribution in [0, 0.1) is 13.8 Å². The Hall–Kier alpha value is -1.09. The highest BCUT2D eigenvalue weighted by atomic mass is 127. The highest BCUT2D eigenvalue weighted by Gasteiger charge is 2.45. The number of rotatable bonds is 5. The van der Waals surface area contributed by atoms with Gasteiger partial charge in [0.15, 0.2) is 5.96 Å². The number of aromatic nitrogens is 1. The smallest absolute Gasteiger partial charge is 0.214 e. The fourth-order valence-corrected chi connectivity index (χ4v) is 3.54. The Bertz CT molecular complexity index is 736. The summed E-state index contributed by atoms with van der Waals surface area (Å²) in [5.41, 5.74) is 2.50. The molecule has 0 atom stereocenters. The molecule has 7 heteroatoms. The summed E-state index contributed by atoms with van der Waals surface area (Å²) in [6.07, 6.45) is 2.38. The number of hydrogen-bond donors (Lipinski definition) is 2. The number of nitrogens with one attached hydrogen (secondary N) is 2. The number of halogens is 2. The highest BCUT2D eigenvalue weighted by molar-refractivity contribution is 14.0. The second-order valence-electron chi connectivity index (χ2n) is 6.29. The maximum atomic E-state index is 5.59. The summed E-state index contributed by atoms with van der Waals surface area (Å²) in [7, 11) is 1.78. The third-order valence-corrected chi connectivity index (χ3v) is 5.29. The van der Waals surface area contributed by atoms with E-state index in [1.165, 1.54) is 22.9 Å². The Morgan fingerprint density at radius 1 is 1.28 bits per heavy atom. The third kappa shape index (κ3) is 4.75. The van der Waals surface area contributed by atoms with Gasteiger partial charge in [-0.1, -0.05) is 34.1 Å². The molecule has 1 aliphatic carbocycles. The first kappa shape index (κ1) is 20.2. The SMILES string of the molecule is CN=C(NCc1nc(C)c(C)o1)NCC1(c2ccccc2Br)CC1.I. The number of nitrogens with zero attached hydrogens (tertiary/aromatic N) is 2. The summed E-state index contributed by atoms with van der Waals surface area (Å²) in [5.74, 6) is 2.31. The number of aryl methyl sites for hydroxylation is 2. The number of aliphatic imine (C=N–C) groups is 1. The minimum Gasteiger partial charge on any atom is -0.444 e. The first-order valence-electron chi connectivity index (χ1n) is 8.16. The van der Waals surface area contributed by atoms with Crippen molar-refractivity contribution in [2.75, 3.05) is 13.6 Å². The average Bonchev–Trinajstić information content (AvgIpc) is 3.28. The van der Waals surface area contributed by atoms with E-state index in [2.05, 4.69) is 60.8 Å². The van der Waals surface area contributed by atoms with Crippen LogP contribution in [0.15, 0.2) is 38.1 Å². The van der Waals surface area contributed by atoms with Crippen LogP contribution in [0.3, 0.4) is 0 Å². The van der Waals surface area contributed by atoms with E-state index >= 15 is 0 Å². The Morgan fingerprint density at radius 3 is 2.56 bits per heavy atom. The molecule has 0 spiro atoms. The molecule has 2 N–H and O–H groups in total. The van der Waals surface area contributed by atoms with E-state index in [-0.39, 0.29) is 29.4 Å². The number of benzene rings is 1. The molecular weight excluding hydrogens is 495 g/mol. The molecule has 1 heterocycles. The molecule has 1 saturated carbocycles. The fraction of sp³-hybridized carbons (Fsp3) is 0.444. The van der Waals surface area contributed by atoms with Crippen LogP contribution in [-0.2, 0) is 12.0 Å². The minimum atomic E-state index is 0. The van der Waals surface area contributed by atoms with Gasteiger partial charge in [0.2, 0.25) is 5.89 Å². The van der Waals surface area contributed by atoms with Crippen LogP contribution in [0.25, 0.3) is 0 Å². The molecular formula is C18H24BrIN4O. The van der Waals surface area contributed by atoms with Crippen molar-refractivity contribution in [1.29, 1.82) is 0 Å². The molecule has 0 radical (unpaired) electrons. The Morgan fingerprint density at radius 2 is 2.00 bits per heavy atom. The zero-order chi connectivity index (χ0) is 17.2. The van der Waals surface area contributed by atoms with Crippen LogP contribution < -0.4 is 10.6 Å². The number of hydrogen-bond acceptors (Lipinski definition) is 3.